The van der Waals surface area contributed by atoms with Crippen molar-refractivity contribution in [1.29, 1.82) is 0 Å². The number of piperidine rings is 1. The smallest absolute Gasteiger partial charge is 0.228 e. The van der Waals surface area contributed by atoms with Gasteiger partial charge in [-0.05, 0) is 17.5 Å². The predicted octanol–water partition coefficient (Wildman–Crippen LogP) is 3.38. The topological polar surface area (TPSA) is 49.4 Å². The Labute approximate surface area is 155 Å². The Morgan fingerprint density at radius 2 is 1.62 bits per heavy atom. The number of nitrogens with zero attached hydrogens (tertiary/aromatic N) is 1. The van der Waals surface area contributed by atoms with E-state index >= 15 is 0 Å². The first-order valence-electron chi connectivity index (χ1n) is 9.11. The normalized spacial score (nSPS) is 19.2. The number of nitrogens with one attached hydrogen (secondary N) is 1. The molecule has 3 rings (SSSR count). The lowest BCUT2D eigenvalue weighted by Crippen LogP contribution is -2.52. The van der Waals surface area contributed by atoms with Gasteiger partial charge >= 0.3 is 0 Å². The standard InChI is InChI=1S/C22H26N2O2/c1-22(2)13-19(20(25)23-14-17-9-5-3-6-10-17)16-24(21(22)26)15-18-11-7-4-8-12-18/h3-12,19H,13-16H2,1-2H3,(H,23,25). The zero-order valence-corrected chi connectivity index (χ0v) is 15.4. The van der Waals surface area contributed by atoms with Crippen LogP contribution in [-0.4, -0.2) is 23.3 Å². The second-order valence-electron chi connectivity index (χ2n) is 7.66. The SMILES string of the molecule is CC1(C)CC(C(=O)NCc2ccccc2)CN(Cc2ccccc2)C1=O. The van der Waals surface area contributed by atoms with Crippen molar-refractivity contribution in [3.05, 3.63) is 71.8 Å². The fourth-order valence-corrected chi connectivity index (χ4v) is 3.59. The summed E-state index contributed by atoms with van der Waals surface area (Å²) in [6, 6.07) is 19.8. The third-order valence-corrected chi connectivity index (χ3v) is 4.96. The van der Waals surface area contributed by atoms with E-state index in [1.807, 2.05) is 79.4 Å². The maximum absolute atomic E-state index is 12.8. The zero-order valence-electron chi connectivity index (χ0n) is 15.4. The predicted molar refractivity (Wildman–Crippen MR) is 102 cm³/mol. The molecule has 2 aromatic carbocycles. The Morgan fingerprint density at radius 1 is 1.04 bits per heavy atom. The Kier molecular flexibility index (Phi) is 5.40. The van der Waals surface area contributed by atoms with Crippen molar-refractivity contribution in [2.45, 2.75) is 33.4 Å². The summed E-state index contributed by atoms with van der Waals surface area (Å²) < 4.78 is 0. The van der Waals surface area contributed by atoms with E-state index in [4.69, 9.17) is 0 Å². The van der Waals surface area contributed by atoms with E-state index in [1.165, 1.54) is 0 Å². The van der Waals surface area contributed by atoms with E-state index in [-0.39, 0.29) is 17.7 Å². The van der Waals surface area contributed by atoms with E-state index in [0.717, 1.165) is 11.1 Å². The maximum Gasteiger partial charge on any atom is 0.228 e. The minimum Gasteiger partial charge on any atom is -0.352 e. The highest BCUT2D eigenvalue weighted by Crippen LogP contribution is 2.34. The number of amides is 2. The fraction of sp³-hybridized carbons (Fsp3) is 0.364. The maximum atomic E-state index is 12.8. The lowest BCUT2D eigenvalue weighted by molar-refractivity contribution is -0.150. The second kappa shape index (κ2) is 7.73. The molecule has 2 amide bonds. The summed E-state index contributed by atoms with van der Waals surface area (Å²) in [6.45, 7) is 5.40. The fourth-order valence-electron chi connectivity index (χ4n) is 3.59. The van der Waals surface area contributed by atoms with E-state index in [1.54, 1.807) is 0 Å². The highest BCUT2D eigenvalue weighted by Gasteiger charge is 2.42. The van der Waals surface area contributed by atoms with Gasteiger partial charge in [0.2, 0.25) is 11.8 Å². The number of carbonyl (C=O) groups excluding carboxylic acids is 2. The molecule has 1 fully saturated rings. The third kappa shape index (κ3) is 4.31. The number of benzene rings is 2. The van der Waals surface area contributed by atoms with Gasteiger partial charge in [-0.15, -0.1) is 0 Å². The van der Waals surface area contributed by atoms with Gasteiger partial charge in [-0.25, -0.2) is 0 Å². The van der Waals surface area contributed by atoms with Gasteiger partial charge in [0, 0.05) is 25.0 Å². The van der Waals surface area contributed by atoms with E-state index < -0.39 is 5.41 Å². The van der Waals surface area contributed by atoms with Crippen LogP contribution in [0.3, 0.4) is 0 Å². The van der Waals surface area contributed by atoms with Crippen molar-refractivity contribution in [3.63, 3.8) is 0 Å². The van der Waals surface area contributed by atoms with Crippen LogP contribution in [0.1, 0.15) is 31.4 Å². The van der Waals surface area contributed by atoms with Crippen molar-refractivity contribution in [2.75, 3.05) is 6.54 Å². The first-order chi connectivity index (χ1) is 12.5. The van der Waals surface area contributed by atoms with Crippen molar-refractivity contribution < 1.29 is 9.59 Å². The van der Waals surface area contributed by atoms with Crippen LogP contribution in [-0.2, 0) is 22.7 Å². The monoisotopic (exact) mass is 350 g/mol. The minimum atomic E-state index is -0.526. The van der Waals surface area contributed by atoms with Crippen LogP contribution in [0.2, 0.25) is 0 Å². The van der Waals surface area contributed by atoms with Crippen LogP contribution in [0.15, 0.2) is 60.7 Å². The van der Waals surface area contributed by atoms with Gasteiger partial charge < -0.3 is 10.2 Å². The Balaban J connectivity index is 1.67. The summed E-state index contributed by atoms with van der Waals surface area (Å²) in [6.07, 6.45) is 0.581. The second-order valence-corrected chi connectivity index (χ2v) is 7.66. The Hall–Kier alpha value is -2.62. The molecule has 0 saturated carbocycles. The lowest BCUT2D eigenvalue weighted by Gasteiger charge is -2.41. The molecule has 1 heterocycles. The van der Waals surface area contributed by atoms with E-state index in [9.17, 15) is 9.59 Å². The molecule has 0 bridgehead atoms. The molecule has 4 heteroatoms. The summed E-state index contributed by atoms with van der Waals surface area (Å²) in [5, 5.41) is 3.03. The summed E-state index contributed by atoms with van der Waals surface area (Å²) in [7, 11) is 0. The Morgan fingerprint density at radius 3 is 2.23 bits per heavy atom. The molecule has 0 aliphatic carbocycles. The molecular formula is C22H26N2O2. The van der Waals surface area contributed by atoms with E-state index in [0.29, 0.717) is 26.1 Å². The van der Waals surface area contributed by atoms with Crippen LogP contribution in [0.4, 0.5) is 0 Å². The molecule has 1 N–H and O–H groups in total. The molecule has 1 aliphatic heterocycles. The average Bonchev–Trinajstić information content (AvgIpc) is 2.65. The molecule has 0 radical (unpaired) electrons. The van der Waals surface area contributed by atoms with Gasteiger partial charge in [0.15, 0.2) is 0 Å². The first kappa shape index (κ1) is 18.2. The highest BCUT2D eigenvalue weighted by molar-refractivity contribution is 5.87. The summed E-state index contributed by atoms with van der Waals surface area (Å²) in [5.74, 6) is -0.0453. The molecule has 1 saturated heterocycles. The molecule has 0 aromatic heterocycles. The van der Waals surface area contributed by atoms with Gasteiger partial charge in [0.1, 0.15) is 0 Å². The van der Waals surface area contributed by atoms with Gasteiger partial charge in [-0.3, -0.25) is 9.59 Å². The number of carbonyl (C=O) groups is 2. The first-order valence-corrected chi connectivity index (χ1v) is 9.11. The van der Waals surface area contributed by atoms with Gasteiger partial charge in [0.05, 0.1) is 5.92 Å². The molecule has 1 aliphatic rings. The lowest BCUT2D eigenvalue weighted by atomic mass is 9.77. The molecular weight excluding hydrogens is 324 g/mol. The third-order valence-electron chi connectivity index (χ3n) is 4.96. The summed E-state index contributed by atoms with van der Waals surface area (Å²) >= 11 is 0. The molecule has 1 unspecified atom stereocenters. The van der Waals surface area contributed by atoms with Gasteiger partial charge in [-0.1, -0.05) is 74.5 Å². The van der Waals surface area contributed by atoms with Gasteiger partial charge in [0.25, 0.3) is 0 Å². The summed E-state index contributed by atoms with van der Waals surface area (Å²) in [5.41, 5.74) is 1.64. The van der Waals surface area contributed by atoms with Gasteiger partial charge in [-0.2, -0.15) is 0 Å². The van der Waals surface area contributed by atoms with Crippen LogP contribution in [0, 0.1) is 11.3 Å². The molecule has 0 spiro atoms. The van der Waals surface area contributed by atoms with Crippen molar-refractivity contribution in [2.24, 2.45) is 11.3 Å². The van der Waals surface area contributed by atoms with Crippen molar-refractivity contribution in [1.82, 2.24) is 10.2 Å². The van der Waals surface area contributed by atoms with Crippen LogP contribution < -0.4 is 5.32 Å². The van der Waals surface area contributed by atoms with Crippen LogP contribution >= 0.6 is 0 Å². The largest absolute Gasteiger partial charge is 0.352 e. The van der Waals surface area contributed by atoms with Crippen molar-refractivity contribution >= 4 is 11.8 Å². The molecule has 2 aromatic rings. The number of hydrogen-bond acceptors (Lipinski definition) is 2. The number of hydrogen-bond donors (Lipinski definition) is 1. The minimum absolute atomic E-state index is 0.0208. The molecule has 26 heavy (non-hydrogen) atoms. The Bertz CT molecular complexity index is 756. The van der Waals surface area contributed by atoms with E-state index in [2.05, 4.69) is 5.32 Å². The quantitative estimate of drug-likeness (QED) is 0.899. The van der Waals surface area contributed by atoms with Crippen LogP contribution in [0.5, 0.6) is 0 Å². The number of rotatable bonds is 5. The van der Waals surface area contributed by atoms with Crippen LogP contribution in [0.25, 0.3) is 0 Å². The average molecular weight is 350 g/mol. The summed E-state index contributed by atoms with van der Waals surface area (Å²) in [4.78, 5) is 27.3. The van der Waals surface area contributed by atoms with Crippen molar-refractivity contribution in [3.8, 4) is 0 Å². The zero-order chi connectivity index (χ0) is 18.6. The molecule has 4 nitrogen and oxygen atoms in total. The molecule has 136 valence electrons. The molecule has 1 atom stereocenters. The number of likely N-dealkylation sites (tertiary alicyclic amines) is 1. The highest BCUT2D eigenvalue weighted by atomic mass is 16.2.